The lowest BCUT2D eigenvalue weighted by atomic mass is 10.3. The molecular weight excluding hydrogens is 326 g/mol. The zero-order valence-electron chi connectivity index (χ0n) is 10.9. The van der Waals surface area contributed by atoms with Crippen LogP contribution < -0.4 is 10.5 Å². The van der Waals surface area contributed by atoms with Crippen molar-refractivity contribution < 1.29 is 17.6 Å². The number of sulfonamides is 1. The molecule has 2 atom stereocenters. The number of rotatable bonds is 7. The summed E-state index contributed by atoms with van der Waals surface area (Å²) in [6.45, 7) is 1.85. The number of hydrogen-bond donors (Lipinski definition) is 2. The molecule has 1 aromatic rings. The normalized spacial score (nSPS) is 14.9. The van der Waals surface area contributed by atoms with E-state index in [9.17, 15) is 22.7 Å². The Morgan fingerprint density at radius 2 is 2.20 bits per heavy atom. The van der Waals surface area contributed by atoms with E-state index in [-0.39, 0.29) is 21.0 Å². The summed E-state index contributed by atoms with van der Waals surface area (Å²) in [5.74, 6) is 0. The molecule has 0 saturated heterocycles. The first-order valence-corrected chi connectivity index (χ1v) is 9.43. The highest BCUT2D eigenvalue weighted by atomic mass is 32.2. The highest BCUT2D eigenvalue weighted by Crippen LogP contribution is 2.34. The van der Waals surface area contributed by atoms with E-state index in [0.29, 0.717) is 17.8 Å². The van der Waals surface area contributed by atoms with E-state index in [2.05, 4.69) is 4.72 Å². The van der Waals surface area contributed by atoms with Crippen molar-refractivity contribution in [1.29, 1.82) is 0 Å². The lowest BCUT2D eigenvalue weighted by molar-refractivity contribution is -0.383. The first-order valence-electron chi connectivity index (χ1n) is 5.50. The average Bonchev–Trinajstić information content (AvgIpc) is 2.71. The minimum Gasteiger partial charge on any atom is -0.385 e. The van der Waals surface area contributed by atoms with Crippen molar-refractivity contribution in [1.82, 2.24) is 4.72 Å². The second-order valence-electron chi connectivity index (χ2n) is 4.07. The maximum Gasteiger partial charge on any atom is 0.304 e. The molecule has 1 aromatic heterocycles. The van der Waals surface area contributed by atoms with Gasteiger partial charge in [0.2, 0.25) is 10.0 Å². The van der Waals surface area contributed by atoms with Crippen LogP contribution in [0.2, 0.25) is 0 Å². The number of nitro groups is 1. The number of hydrogen-bond acceptors (Lipinski definition) is 7. The van der Waals surface area contributed by atoms with E-state index in [0.717, 1.165) is 6.07 Å². The Hall–Kier alpha value is -1.04. The molecule has 0 aromatic carbocycles. The lowest BCUT2D eigenvalue weighted by Crippen LogP contribution is -2.27. The van der Waals surface area contributed by atoms with Gasteiger partial charge in [-0.2, -0.15) is 0 Å². The van der Waals surface area contributed by atoms with Gasteiger partial charge in [-0.3, -0.25) is 14.3 Å². The van der Waals surface area contributed by atoms with E-state index in [1.165, 1.54) is 0 Å². The van der Waals surface area contributed by atoms with Crippen LogP contribution in [0.25, 0.3) is 0 Å². The topological polar surface area (TPSA) is 132 Å². The van der Waals surface area contributed by atoms with Crippen LogP contribution in [0.1, 0.15) is 13.3 Å². The summed E-state index contributed by atoms with van der Waals surface area (Å²) in [5.41, 5.74) is 4.98. The van der Waals surface area contributed by atoms with E-state index >= 15 is 0 Å². The molecule has 0 aliphatic rings. The third-order valence-electron chi connectivity index (χ3n) is 2.59. The van der Waals surface area contributed by atoms with Crippen molar-refractivity contribution in [3.8, 4) is 0 Å². The van der Waals surface area contributed by atoms with Crippen molar-refractivity contribution in [3.05, 3.63) is 16.2 Å². The SMILES string of the molecule is CC(CCNS(=O)(=O)c1cc([N+](=O)[O-])c(N)s1)S(C)=O. The highest BCUT2D eigenvalue weighted by molar-refractivity contribution is 7.91. The Morgan fingerprint density at radius 3 is 2.65 bits per heavy atom. The summed E-state index contributed by atoms with van der Waals surface area (Å²) in [7, 11) is -4.86. The third-order valence-corrected chi connectivity index (χ3v) is 6.85. The van der Waals surface area contributed by atoms with Gasteiger partial charge in [-0.15, -0.1) is 0 Å². The number of nitrogens with two attached hydrogens (primary N) is 1. The molecule has 0 spiro atoms. The molecule has 0 aliphatic carbocycles. The van der Waals surface area contributed by atoms with Crippen LogP contribution in [0.4, 0.5) is 10.7 Å². The molecule has 0 bridgehead atoms. The van der Waals surface area contributed by atoms with Crippen molar-refractivity contribution in [2.45, 2.75) is 22.8 Å². The fourth-order valence-corrected chi connectivity index (χ4v) is 4.04. The van der Waals surface area contributed by atoms with Crippen molar-refractivity contribution in [3.63, 3.8) is 0 Å². The lowest BCUT2D eigenvalue weighted by Gasteiger charge is -2.08. The van der Waals surface area contributed by atoms with E-state index < -0.39 is 31.4 Å². The Labute approximate surface area is 123 Å². The van der Waals surface area contributed by atoms with Crippen LogP contribution in [0, 0.1) is 10.1 Å². The Kier molecular flexibility index (Phi) is 5.62. The van der Waals surface area contributed by atoms with Crippen LogP contribution in [-0.4, -0.2) is 35.6 Å². The van der Waals surface area contributed by atoms with Crippen molar-refractivity contribution >= 4 is 42.8 Å². The molecule has 114 valence electrons. The Bertz CT molecular complexity index is 625. The number of nitrogens with zero attached hydrogens (tertiary/aromatic N) is 1. The standard InChI is InChI=1S/C9H15N3O5S3/c1-6(19(2)15)3-4-11-20(16,17)8-5-7(12(13)14)9(10)18-8/h5-6,11H,3-4,10H2,1-2H3. The molecular formula is C9H15N3O5S3. The summed E-state index contributed by atoms with van der Waals surface area (Å²) in [6.07, 6.45) is 1.95. The molecule has 20 heavy (non-hydrogen) atoms. The minimum absolute atomic E-state index is 0.106. The van der Waals surface area contributed by atoms with E-state index in [4.69, 9.17) is 5.73 Å². The maximum atomic E-state index is 11.9. The number of anilines is 1. The van der Waals surface area contributed by atoms with Crippen molar-refractivity contribution in [2.24, 2.45) is 0 Å². The second-order valence-corrected chi connectivity index (χ2v) is 8.95. The van der Waals surface area contributed by atoms with Crippen LogP contribution in [0.5, 0.6) is 0 Å². The fraction of sp³-hybridized carbons (Fsp3) is 0.556. The summed E-state index contributed by atoms with van der Waals surface area (Å²) in [5, 5.41) is 10.3. The number of nitrogen functional groups attached to an aromatic ring is 1. The van der Waals surface area contributed by atoms with E-state index in [1.54, 1.807) is 13.2 Å². The van der Waals surface area contributed by atoms with Gasteiger partial charge in [0.25, 0.3) is 0 Å². The molecule has 0 amide bonds. The molecule has 8 nitrogen and oxygen atoms in total. The summed E-state index contributed by atoms with van der Waals surface area (Å²) in [4.78, 5) is 9.89. The fourth-order valence-electron chi connectivity index (χ4n) is 1.28. The molecule has 0 aliphatic heterocycles. The van der Waals surface area contributed by atoms with Gasteiger partial charge in [0.05, 0.1) is 4.92 Å². The van der Waals surface area contributed by atoms with Gasteiger partial charge in [-0.1, -0.05) is 18.3 Å². The minimum atomic E-state index is -3.83. The van der Waals surface area contributed by atoms with Gasteiger partial charge in [0.1, 0.15) is 4.21 Å². The van der Waals surface area contributed by atoms with Crippen LogP contribution >= 0.6 is 11.3 Å². The molecule has 0 radical (unpaired) electrons. The summed E-state index contributed by atoms with van der Waals surface area (Å²) in [6, 6.07) is 0.934. The van der Waals surface area contributed by atoms with Crippen LogP contribution in [0.3, 0.4) is 0 Å². The molecule has 11 heteroatoms. The van der Waals surface area contributed by atoms with Crippen molar-refractivity contribution in [2.75, 3.05) is 18.5 Å². The molecule has 3 N–H and O–H groups in total. The van der Waals surface area contributed by atoms with E-state index in [1.807, 2.05) is 0 Å². The molecule has 0 saturated carbocycles. The largest absolute Gasteiger partial charge is 0.385 e. The smallest absolute Gasteiger partial charge is 0.304 e. The zero-order chi connectivity index (χ0) is 15.5. The second kappa shape index (κ2) is 6.61. The number of nitrogens with one attached hydrogen (secondary N) is 1. The third kappa shape index (κ3) is 4.23. The average molecular weight is 341 g/mol. The molecule has 1 heterocycles. The Balaban J connectivity index is 2.77. The summed E-state index contributed by atoms with van der Waals surface area (Å²) >= 11 is 0.640. The highest BCUT2D eigenvalue weighted by Gasteiger charge is 2.24. The predicted octanol–water partition coefficient (Wildman–Crippen LogP) is 0.674. The van der Waals surface area contributed by atoms with Gasteiger partial charge < -0.3 is 5.73 Å². The maximum absolute atomic E-state index is 11.9. The van der Waals surface area contributed by atoms with Crippen LogP contribution in [0.15, 0.2) is 10.3 Å². The van der Waals surface area contributed by atoms with Gasteiger partial charge in [-0.05, 0) is 6.42 Å². The first kappa shape index (κ1) is 17.0. The van der Waals surface area contributed by atoms with Gasteiger partial charge >= 0.3 is 5.69 Å². The molecule has 0 fully saturated rings. The number of thiophene rings is 1. The monoisotopic (exact) mass is 341 g/mol. The predicted molar refractivity (Wildman–Crippen MR) is 78.7 cm³/mol. The van der Waals surface area contributed by atoms with Gasteiger partial charge in [-0.25, -0.2) is 13.1 Å². The van der Waals surface area contributed by atoms with Crippen LogP contribution in [-0.2, 0) is 20.8 Å². The molecule has 1 rings (SSSR count). The van der Waals surface area contributed by atoms with Gasteiger partial charge in [0, 0.05) is 34.9 Å². The van der Waals surface area contributed by atoms with Gasteiger partial charge in [0.15, 0.2) is 5.00 Å². The first-order chi connectivity index (χ1) is 9.15. The Morgan fingerprint density at radius 1 is 1.60 bits per heavy atom. The zero-order valence-corrected chi connectivity index (χ0v) is 13.3. The summed E-state index contributed by atoms with van der Waals surface area (Å²) < 4.78 is 37.1. The quantitative estimate of drug-likeness (QED) is 0.553. The molecule has 2 unspecified atom stereocenters.